The van der Waals surface area contributed by atoms with Crippen molar-refractivity contribution in [3.05, 3.63) is 11.6 Å². The molecule has 142 valence electrons. The van der Waals surface area contributed by atoms with E-state index in [0.29, 0.717) is 18.3 Å². The van der Waals surface area contributed by atoms with Crippen molar-refractivity contribution >= 4 is 0 Å². The van der Waals surface area contributed by atoms with Crippen LogP contribution in [0.15, 0.2) is 11.6 Å². The minimum atomic E-state index is -0.584. The molecule has 3 N–H and O–H groups in total. The first kappa shape index (κ1) is 18.0. The molecule has 25 heavy (non-hydrogen) atoms. The normalized spacial score (nSPS) is 52.1. The summed E-state index contributed by atoms with van der Waals surface area (Å²) in [5.74, 6) is 2.01. The molecule has 0 spiro atoms. The predicted molar refractivity (Wildman–Crippen MR) is 99.0 cm³/mol. The Labute approximate surface area is 152 Å². The van der Waals surface area contributed by atoms with E-state index in [4.69, 9.17) is 0 Å². The second-order valence-electron chi connectivity index (χ2n) is 10.0. The largest absolute Gasteiger partial charge is 0.396 e. The van der Waals surface area contributed by atoms with Crippen LogP contribution in [0, 0.1) is 28.6 Å². The highest BCUT2D eigenvalue weighted by molar-refractivity contribution is 5.26. The van der Waals surface area contributed by atoms with Gasteiger partial charge in [0.1, 0.15) is 0 Å². The fourth-order valence-electron chi connectivity index (χ4n) is 7.53. The van der Waals surface area contributed by atoms with Gasteiger partial charge in [0.2, 0.25) is 0 Å². The van der Waals surface area contributed by atoms with E-state index in [0.717, 1.165) is 57.3 Å². The highest BCUT2D eigenvalue weighted by Crippen LogP contribution is 2.67. The minimum absolute atomic E-state index is 0.0131. The Hall–Kier alpha value is -0.380. The van der Waals surface area contributed by atoms with Crippen LogP contribution in [0.3, 0.4) is 0 Å². The van der Waals surface area contributed by atoms with E-state index >= 15 is 0 Å². The van der Waals surface area contributed by atoms with Crippen molar-refractivity contribution in [2.45, 2.75) is 89.8 Å². The average Bonchev–Trinajstić information content (AvgIpc) is 2.85. The highest BCUT2D eigenvalue weighted by Gasteiger charge is 2.63. The van der Waals surface area contributed by atoms with Crippen molar-refractivity contribution in [3.8, 4) is 0 Å². The van der Waals surface area contributed by atoms with E-state index in [-0.39, 0.29) is 23.5 Å². The molecule has 3 saturated carbocycles. The summed E-state index contributed by atoms with van der Waals surface area (Å²) in [5, 5.41) is 30.8. The summed E-state index contributed by atoms with van der Waals surface area (Å²) in [7, 11) is 0. The first-order valence-electron chi connectivity index (χ1n) is 10.5. The van der Waals surface area contributed by atoms with Crippen LogP contribution in [0.1, 0.15) is 78.1 Å². The summed E-state index contributed by atoms with van der Waals surface area (Å²) in [6.45, 7) is 4.98. The molecule has 0 aromatic rings. The predicted octanol–water partition coefficient (Wildman–Crippen LogP) is 3.81. The van der Waals surface area contributed by atoms with Crippen molar-refractivity contribution in [3.63, 3.8) is 0 Å². The van der Waals surface area contributed by atoms with E-state index < -0.39 is 5.60 Å². The summed E-state index contributed by atoms with van der Waals surface area (Å²) in [6, 6.07) is 0. The van der Waals surface area contributed by atoms with Gasteiger partial charge in [-0.05, 0) is 92.8 Å². The van der Waals surface area contributed by atoms with Crippen LogP contribution in [0.5, 0.6) is 0 Å². The van der Waals surface area contributed by atoms with E-state index in [1.807, 2.05) is 0 Å². The van der Waals surface area contributed by atoms with E-state index in [9.17, 15) is 15.3 Å². The topological polar surface area (TPSA) is 60.7 Å². The third kappa shape index (κ3) is 2.49. The van der Waals surface area contributed by atoms with Crippen molar-refractivity contribution in [2.24, 2.45) is 28.6 Å². The van der Waals surface area contributed by atoms with Crippen LogP contribution >= 0.6 is 0 Å². The smallest absolute Gasteiger partial charge is 0.0704 e. The van der Waals surface area contributed by atoms with Crippen LogP contribution in [-0.4, -0.2) is 33.6 Å². The Morgan fingerprint density at radius 3 is 2.60 bits per heavy atom. The van der Waals surface area contributed by atoms with Crippen LogP contribution in [-0.2, 0) is 0 Å². The number of aliphatic hydroxyl groups excluding tert-OH is 2. The van der Waals surface area contributed by atoms with Crippen molar-refractivity contribution in [1.29, 1.82) is 0 Å². The Morgan fingerprint density at radius 1 is 1.08 bits per heavy atom. The summed E-state index contributed by atoms with van der Waals surface area (Å²) >= 11 is 0. The number of allylic oxidation sites excluding steroid dienone is 1. The molecular formula is C22H36O3. The van der Waals surface area contributed by atoms with Crippen LogP contribution in [0.25, 0.3) is 0 Å². The molecule has 3 fully saturated rings. The molecule has 7 atom stereocenters. The molecule has 4 rings (SSSR count). The SMILES string of the molecule is C[C@]12CC[C@H](O)CC1=CC[C@@H]1[C@@H]2CC[C@@]2(C)[C@H]1CC[C@@]2(O)CCCO. The first-order valence-corrected chi connectivity index (χ1v) is 10.5. The molecule has 0 heterocycles. The fraction of sp³-hybridized carbons (Fsp3) is 0.909. The molecule has 0 unspecified atom stereocenters. The number of hydrogen-bond donors (Lipinski definition) is 3. The number of rotatable bonds is 3. The summed E-state index contributed by atoms with van der Waals surface area (Å²) in [6.07, 6.45) is 12.2. The lowest BCUT2D eigenvalue weighted by Gasteiger charge is -2.59. The fourth-order valence-corrected chi connectivity index (χ4v) is 7.53. The van der Waals surface area contributed by atoms with Gasteiger partial charge in [-0.15, -0.1) is 0 Å². The Morgan fingerprint density at radius 2 is 1.84 bits per heavy atom. The van der Waals surface area contributed by atoms with Gasteiger partial charge in [0, 0.05) is 6.61 Å². The van der Waals surface area contributed by atoms with Gasteiger partial charge in [0.05, 0.1) is 11.7 Å². The molecule has 0 radical (unpaired) electrons. The van der Waals surface area contributed by atoms with Gasteiger partial charge in [-0.2, -0.15) is 0 Å². The Bertz CT molecular complexity index is 557. The van der Waals surface area contributed by atoms with Crippen LogP contribution in [0.2, 0.25) is 0 Å². The maximum atomic E-state index is 11.4. The van der Waals surface area contributed by atoms with Gasteiger partial charge in [-0.25, -0.2) is 0 Å². The maximum absolute atomic E-state index is 11.4. The maximum Gasteiger partial charge on any atom is 0.0704 e. The molecule has 4 aliphatic carbocycles. The molecule has 0 saturated heterocycles. The van der Waals surface area contributed by atoms with Gasteiger partial charge in [-0.3, -0.25) is 0 Å². The van der Waals surface area contributed by atoms with Crippen molar-refractivity contribution < 1.29 is 15.3 Å². The van der Waals surface area contributed by atoms with Crippen molar-refractivity contribution in [1.82, 2.24) is 0 Å². The molecule has 0 bridgehead atoms. The quantitative estimate of drug-likeness (QED) is 0.680. The third-order valence-corrected chi connectivity index (χ3v) is 9.15. The lowest BCUT2D eigenvalue weighted by molar-refractivity contribution is -0.129. The zero-order chi connectivity index (χ0) is 17.9. The molecule has 0 aromatic heterocycles. The second kappa shape index (κ2) is 6.07. The first-order chi connectivity index (χ1) is 11.8. The van der Waals surface area contributed by atoms with Gasteiger partial charge >= 0.3 is 0 Å². The number of hydrogen-bond acceptors (Lipinski definition) is 3. The zero-order valence-electron chi connectivity index (χ0n) is 16.0. The van der Waals surface area contributed by atoms with E-state index in [1.54, 1.807) is 0 Å². The molecule has 0 aliphatic heterocycles. The second-order valence-corrected chi connectivity index (χ2v) is 10.0. The minimum Gasteiger partial charge on any atom is -0.396 e. The summed E-state index contributed by atoms with van der Waals surface area (Å²) in [5.41, 5.74) is 1.22. The van der Waals surface area contributed by atoms with Crippen LogP contribution < -0.4 is 0 Å². The Kier molecular flexibility index (Phi) is 4.37. The van der Waals surface area contributed by atoms with Gasteiger partial charge in [0.15, 0.2) is 0 Å². The summed E-state index contributed by atoms with van der Waals surface area (Å²) in [4.78, 5) is 0. The molecule has 0 amide bonds. The lowest BCUT2D eigenvalue weighted by atomic mass is 9.47. The van der Waals surface area contributed by atoms with E-state index in [1.165, 1.54) is 12.0 Å². The molecule has 3 nitrogen and oxygen atoms in total. The molecule has 3 heteroatoms. The van der Waals surface area contributed by atoms with Crippen molar-refractivity contribution in [2.75, 3.05) is 6.61 Å². The van der Waals surface area contributed by atoms with E-state index in [2.05, 4.69) is 19.9 Å². The summed E-state index contributed by atoms with van der Waals surface area (Å²) < 4.78 is 0. The molecule has 0 aromatic carbocycles. The van der Waals surface area contributed by atoms with Crippen LogP contribution in [0.4, 0.5) is 0 Å². The number of aliphatic hydroxyl groups is 3. The zero-order valence-corrected chi connectivity index (χ0v) is 16.0. The average molecular weight is 349 g/mol. The molecular weight excluding hydrogens is 312 g/mol. The third-order valence-electron chi connectivity index (χ3n) is 9.15. The highest BCUT2D eigenvalue weighted by atomic mass is 16.3. The lowest BCUT2D eigenvalue weighted by Crippen LogP contribution is -2.54. The van der Waals surface area contributed by atoms with Gasteiger partial charge in [0.25, 0.3) is 0 Å². The van der Waals surface area contributed by atoms with Gasteiger partial charge in [-0.1, -0.05) is 25.5 Å². The molecule has 4 aliphatic rings. The standard InChI is InChI=1S/C22H36O3/c1-20-10-6-16(24)14-15(20)4-5-17-18(20)7-11-21(2)19(17)8-12-22(21,25)9-3-13-23/h4,16-19,23-25H,3,5-14H2,1-2H3/t16-,17+,18-,19-,20-,21-,22-/m0/s1. The number of fused-ring (bicyclic) bond motifs is 5. The van der Waals surface area contributed by atoms with Gasteiger partial charge < -0.3 is 15.3 Å². The Balaban J connectivity index is 1.62. The monoisotopic (exact) mass is 348 g/mol.